The van der Waals surface area contributed by atoms with Gasteiger partial charge in [-0.25, -0.2) is 0 Å². The Morgan fingerprint density at radius 3 is 1.00 bits per heavy atom. The molecule has 0 heterocycles. The van der Waals surface area contributed by atoms with E-state index in [1.807, 2.05) is 34.6 Å². The van der Waals surface area contributed by atoms with Crippen LogP contribution in [0.1, 0.15) is 82.1 Å². The maximum absolute atomic E-state index is 5.04. The fourth-order valence-corrected chi connectivity index (χ4v) is 0.333. The number of hydrogen-bond acceptors (Lipinski definition) is 2. The molecule has 0 amide bonds. The Morgan fingerprint density at radius 1 is 0.737 bits per heavy atom. The Kier molecular flexibility index (Phi) is 38.0. The van der Waals surface area contributed by atoms with E-state index < -0.39 is 0 Å². The lowest BCUT2D eigenvalue weighted by atomic mass is 10.2. The molecule has 0 aromatic rings. The lowest BCUT2D eigenvalue weighted by Crippen LogP contribution is -1.99. The molecule has 0 aromatic carbocycles. The Labute approximate surface area is 124 Å². The van der Waals surface area contributed by atoms with Gasteiger partial charge in [-0.2, -0.15) is 0 Å². The summed E-state index contributed by atoms with van der Waals surface area (Å²) in [6.45, 7) is 21.8. The van der Waals surface area contributed by atoms with Crippen LogP contribution in [0.15, 0.2) is 0 Å². The summed E-state index contributed by atoms with van der Waals surface area (Å²) in [7, 11) is 1.70. The molecule has 0 aliphatic carbocycles. The summed E-state index contributed by atoms with van der Waals surface area (Å²) in [6, 6.07) is 0. The summed E-state index contributed by atoms with van der Waals surface area (Å²) >= 11 is 0. The van der Waals surface area contributed by atoms with Crippen molar-refractivity contribution >= 4 is 0 Å². The van der Waals surface area contributed by atoms with Gasteiger partial charge in [-0.3, -0.25) is 0 Å². The third-order valence-electron chi connectivity index (χ3n) is 1.79. The molecule has 0 rings (SSSR count). The van der Waals surface area contributed by atoms with Crippen molar-refractivity contribution in [2.24, 2.45) is 5.92 Å². The highest BCUT2D eigenvalue weighted by Crippen LogP contribution is 1.93. The molecule has 0 aromatic heterocycles. The SMILES string of the molecule is CCC.CCC(C)C.CCOC(C)C.COC(C)C. The Morgan fingerprint density at radius 2 is 1.00 bits per heavy atom. The lowest BCUT2D eigenvalue weighted by Gasteiger charge is -2.00. The maximum Gasteiger partial charge on any atom is 0.0518 e. The van der Waals surface area contributed by atoms with Gasteiger partial charge >= 0.3 is 0 Å². The van der Waals surface area contributed by atoms with E-state index in [-0.39, 0.29) is 0 Å². The van der Waals surface area contributed by atoms with Crippen LogP contribution in [0.5, 0.6) is 0 Å². The smallest absolute Gasteiger partial charge is 0.0518 e. The second-order valence-corrected chi connectivity index (χ2v) is 5.30. The number of hydrogen-bond donors (Lipinski definition) is 0. The zero-order valence-electron chi connectivity index (χ0n) is 15.7. The molecule has 0 atom stereocenters. The lowest BCUT2D eigenvalue weighted by molar-refractivity contribution is 0.0899. The van der Waals surface area contributed by atoms with Gasteiger partial charge in [-0.1, -0.05) is 47.5 Å². The van der Waals surface area contributed by atoms with Crippen molar-refractivity contribution in [2.45, 2.75) is 94.3 Å². The van der Waals surface area contributed by atoms with Crippen LogP contribution in [0.25, 0.3) is 0 Å². The van der Waals surface area contributed by atoms with Crippen LogP contribution in [0, 0.1) is 5.92 Å². The summed E-state index contributed by atoms with van der Waals surface area (Å²) in [4.78, 5) is 0. The van der Waals surface area contributed by atoms with E-state index in [4.69, 9.17) is 9.47 Å². The Balaban J connectivity index is -0.0000000811. The summed E-state index contributed by atoms with van der Waals surface area (Å²) in [6.07, 6.45) is 3.34. The molecule has 0 saturated heterocycles. The van der Waals surface area contributed by atoms with Crippen LogP contribution in [0.3, 0.4) is 0 Å². The maximum atomic E-state index is 5.04. The summed E-state index contributed by atoms with van der Waals surface area (Å²) < 4.78 is 9.79. The average molecular weight is 279 g/mol. The molecule has 0 spiro atoms. The second-order valence-electron chi connectivity index (χ2n) is 5.30. The summed E-state index contributed by atoms with van der Waals surface area (Å²) in [5.41, 5.74) is 0. The molecule has 0 aliphatic heterocycles. The molecule has 0 bridgehead atoms. The predicted molar refractivity (Wildman–Crippen MR) is 90.0 cm³/mol. The molecule has 2 nitrogen and oxygen atoms in total. The Hall–Kier alpha value is -0.0800. The minimum absolute atomic E-state index is 0.384. The van der Waals surface area contributed by atoms with E-state index in [0.717, 1.165) is 12.5 Å². The van der Waals surface area contributed by atoms with Crippen LogP contribution in [-0.2, 0) is 9.47 Å². The number of ether oxygens (including phenoxy) is 2. The molecule has 0 radical (unpaired) electrons. The van der Waals surface area contributed by atoms with E-state index in [2.05, 4.69) is 34.6 Å². The highest BCUT2D eigenvalue weighted by Gasteiger charge is 1.83. The standard InChI is InChI=1S/C5H12O.C5H12.C4H10O.C3H8/c1-4-6-5(2)3;1-4-5(2)3;1-4(2)5-3;1-3-2/h5H,4H2,1-3H3;5H,4H2,1-3H3;4H,1-3H3;3H2,1-2H3. The van der Waals surface area contributed by atoms with Gasteiger partial charge < -0.3 is 9.47 Å². The summed E-state index contributed by atoms with van der Waals surface area (Å²) in [5.74, 6) is 0.884. The van der Waals surface area contributed by atoms with Crippen molar-refractivity contribution in [3.8, 4) is 0 Å². The van der Waals surface area contributed by atoms with E-state index in [9.17, 15) is 0 Å². The molecule has 2 heteroatoms. The van der Waals surface area contributed by atoms with Gasteiger partial charge in [0.05, 0.1) is 12.2 Å². The van der Waals surface area contributed by atoms with Gasteiger partial charge in [0.15, 0.2) is 0 Å². The average Bonchev–Trinajstić information content (AvgIpc) is 2.31. The monoisotopic (exact) mass is 278 g/mol. The van der Waals surface area contributed by atoms with Crippen LogP contribution in [0.4, 0.5) is 0 Å². The van der Waals surface area contributed by atoms with Gasteiger partial charge in [0.25, 0.3) is 0 Å². The topological polar surface area (TPSA) is 18.5 Å². The van der Waals surface area contributed by atoms with Crippen LogP contribution in [0.2, 0.25) is 0 Å². The predicted octanol–water partition coefficient (Wildman–Crippen LogP) is 5.94. The number of rotatable bonds is 4. The molecular formula is C17H42O2. The molecular weight excluding hydrogens is 236 g/mol. The first-order chi connectivity index (χ1) is 8.72. The normalized spacial score (nSPS) is 9.16. The van der Waals surface area contributed by atoms with Gasteiger partial charge in [-0.15, -0.1) is 0 Å². The van der Waals surface area contributed by atoms with Gasteiger partial charge in [-0.05, 0) is 40.5 Å². The highest BCUT2D eigenvalue weighted by molar-refractivity contribution is 4.32. The van der Waals surface area contributed by atoms with E-state index in [1.54, 1.807) is 7.11 Å². The van der Waals surface area contributed by atoms with Crippen molar-refractivity contribution in [1.29, 1.82) is 0 Å². The summed E-state index contributed by atoms with van der Waals surface area (Å²) in [5, 5.41) is 0. The molecule has 0 N–H and O–H groups in total. The second kappa shape index (κ2) is 26.5. The van der Waals surface area contributed by atoms with Gasteiger partial charge in [0, 0.05) is 13.7 Å². The fraction of sp³-hybridized carbons (Fsp3) is 1.00. The van der Waals surface area contributed by atoms with E-state index >= 15 is 0 Å². The minimum atomic E-state index is 0.384. The first-order valence-corrected chi connectivity index (χ1v) is 7.87. The van der Waals surface area contributed by atoms with Crippen molar-refractivity contribution in [1.82, 2.24) is 0 Å². The zero-order chi connectivity index (χ0) is 16.3. The van der Waals surface area contributed by atoms with Gasteiger partial charge in [0.2, 0.25) is 0 Å². The molecule has 0 fully saturated rings. The third-order valence-corrected chi connectivity index (χ3v) is 1.79. The first-order valence-electron chi connectivity index (χ1n) is 7.87. The highest BCUT2D eigenvalue weighted by atomic mass is 16.5. The molecule has 122 valence electrons. The van der Waals surface area contributed by atoms with Gasteiger partial charge in [0.1, 0.15) is 0 Å². The molecule has 0 aliphatic rings. The number of methoxy groups -OCH3 is 1. The minimum Gasteiger partial charge on any atom is -0.382 e. The Bertz CT molecular complexity index is 102. The van der Waals surface area contributed by atoms with Crippen LogP contribution < -0.4 is 0 Å². The van der Waals surface area contributed by atoms with Crippen LogP contribution in [-0.4, -0.2) is 25.9 Å². The van der Waals surface area contributed by atoms with Crippen molar-refractivity contribution in [2.75, 3.05) is 13.7 Å². The molecule has 19 heavy (non-hydrogen) atoms. The first kappa shape index (κ1) is 27.3. The molecule has 0 unspecified atom stereocenters. The van der Waals surface area contributed by atoms with E-state index in [1.165, 1.54) is 12.8 Å². The van der Waals surface area contributed by atoms with E-state index in [0.29, 0.717) is 12.2 Å². The van der Waals surface area contributed by atoms with Crippen molar-refractivity contribution < 1.29 is 9.47 Å². The largest absolute Gasteiger partial charge is 0.382 e. The zero-order valence-corrected chi connectivity index (χ0v) is 15.7. The van der Waals surface area contributed by atoms with Crippen LogP contribution >= 0.6 is 0 Å². The third kappa shape index (κ3) is 94.8. The van der Waals surface area contributed by atoms with Crippen molar-refractivity contribution in [3.63, 3.8) is 0 Å². The fourth-order valence-electron chi connectivity index (χ4n) is 0.333. The van der Waals surface area contributed by atoms with Crippen molar-refractivity contribution in [3.05, 3.63) is 0 Å². The molecule has 0 saturated carbocycles. The quantitative estimate of drug-likeness (QED) is 0.633.